The first-order valence-corrected chi connectivity index (χ1v) is 5.58. The maximum absolute atomic E-state index is 5.83. The van der Waals surface area contributed by atoms with E-state index in [1.165, 1.54) is 12.8 Å². The van der Waals surface area contributed by atoms with Gasteiger partial charge < -0.3 is 10.5 Å². The molecule has 3 heteroatoms. The van der Waals surface area contributed by atoms with Gasteiger partial charge in [-0.05, 0) is 18.8 Å². The van der Waals surface area contributed by atoms with E-state index in [1.54, 1.807) is 7.11 Å². The zero-order valence-electron chi connectivity index (χ0n) is 9.75. The van der Waals surface area contributed by atoms with Crippen molar-refractivity contribution in [3.8, 4) is 0 Å². The van der Waals surface area contributed by atoms with Gasteiger partial charge in [0.15, 0.2) is 0 Å². The van der Waals surface area contributed by atoms with Crippen LogP contribution in [0.2, 0.25) is 0 Å². The first-order valence-electron chi connectivity index (χ1n) is 5.58. The lowest BCUT2D eigenvalue weighted by Crippen LogP contribution is -2.46. The summed E-state index contributed by atoms with van der Waals surface area (Å²) in [5, 5.41) is 0. The van der Waals surface area contributed by atoms with Crippen LogP contribution in [-0.4, -0.2) is 43.8 Å². The Kier molecular flexibility index (Phi) is 4.35. The van der Waals surface area contributed by atoms with E-state index >= 15 is 0 Å². The first kappa shape index (κ1) is 12.0. The van der Waals surface area contributed by atoms with Crippen molar-refractivity contribution in [2.24, 2.45) is 11.7 Å². The lowest BCUT2D eigenvalue weighted by atomic mass is 10.1. The molecule has 0 bridgehead atoms. The monoisotopic (exact) mass is 200 g/mol. The zero-order chi connectivity index (χ0) is 10.6. The molecule has 0 aromatic rings. The molecule has 1 aliphatic rings. The molecule has 1 fully saturated rings. The Balaban J connectivity index is 2.44. The van der Waals surface area contributed by atoms with Crippen LogP contribution in [0.5, 0.6) is 0 Å². The van der Waals surface area contributed by atoms with Crippen molar-refractivity contribution in [3.63, 3.8) is 0 Å². The quantitative estimate of drug-likeness (QED) is 0.668. The molecule has 3 nitrogen and oxygen atoms in total. The number of hydrogen-bond donors (Lipinski definition) is 1. The van der Waals surface area contributed by atoms with Crippen LogP contribution in [0.1, 0.15) is 26.7 Å². The van der Waals surface area contributed by atoms with E-state index in [1.807, 2.05) is 0 Å². The van der Waals surface area contributed by atoms with Crippen molar-refractivity contribution in [1.82, 2.24) is 4.90 Å². The van der Waals surface area contributed by atoms with Gasteiger partial charge in [-0.25, -0.2) is 0 Å². The lowest BCUT2D eigenvalue weighted by molar-refractivity contribution is 0.102. The summed E-state index contributed by atoms with van der Waals surface area (Å²) in [5.74, 6) is 0.705. The third kappa shape index (κ3) is 2.94. The highest BCUT2D eigenvalue weighted by atomic mass is 16.5. The fourth-order valence-electron chi connectivity index (χ4n) is 1.96. The van der Waals surface area contributed by atoms with Gasteiger partial charge in [-0.3, -0.25) is 4.90 Å². The maximum atomic E-state index is 5.83. The summed E-state index contributed by atoms with van der Waals surface area (Å²) >= 11 is 0. The molecule has 1 saturated carbocycles. The molecule has 0 atom stereocenters. The van der Waals surface area contributed by atoms with Crippen LogP contribution in [-0.2, 0) is 4.74 Å². The fraction of sp³-hybridized carbons (Fsp3) is 1.00. The molecule has 14 heavy (non-hydrogen) atoms. The van der Waals surface area contributed by atoms with Crippen LogP contribution < -0.4 is 5.73 Å². The van der Waals surface area contributed by atoms with Crippen molar-refractivity contribution in [1.29, 1.82) is 0 Å². The molecule has 0 heterocycles. The van der Waals surface area contributed by atoms with Crippen molar-refractivity contribution in [2.75, 3.05) is 33.4 Å². The summed E-state index contributed by atoms with van der Waals surface area (Å²) in [4.78, 5) is 2.52. The molecule has 1 aliphatic carbocycles. The van der Waals surface area contributed by atoms with Crippen LogP contribution in [0.3, 0.4) is 0 Å². The number of rotatable bonds is 7. The van der Waals surface area contributed by atoms with E-state index in [0.29, 0.717) is 11.5 Å². The van der Waals surface area contributed by atoms with Crippen LogP contribution in [0.25, 0.3) is 0 Å². The minimum absolute atomic E-state index is 0.322. The van der Waals surface area contributed by atoms with Crippen molar-refractivity contribution in [3.05, 3.63) is 0 Å². The molecule has 1 rings (SSSR count). The fourth-order valence-corrected chi connectivity index (χ4v) is 1.96. The molecule has 0 spiro atoms. The predicted octanol–water partition coefficient (Wildman–Crippen LogP) is 1.08. The summed E-state index contributed by atoms with van der Waals surface area (Å²) in [6.07, 6.45) is 2.53. The summed E-state index contributed by atoms with van der Waals surface area (Å²) in [7, 11) is 1.76. The van der Waals surface area contributed by atoms with Crippen LogP contribution in [0, 0.1) is 5.92 Å². The maximum Gasteiger partial charge on any atom is 0.0589 e. The zero-order valence-corrected chi connectivity index (χ0v) is 9.75. The molecule has 0 amide bonds. The summed E-state index contributed by atoms with van der Waals surface area (Å²) in [5.41, 5.74) is 6.16. The highest BCUT2D eigenvalue weighted by Crippen LogP contribution is 2.40. The van der Waals surface area contributed by atoms with Gasteiger partial charge in [-0.15, -0.1) is 0 Å². The second-order valence-electron chi connectivity index (χ2n) is 4.76. The largest absolute Gasteiger partial charge is 0.383 e. The standard InChI is InChI=1S/C11H24N2O/c1-10(2)8-13(6-7-14-3)11(9-12)4-5-11/h10H,4-9,12H2,1-3H3. The van der Waals surface area contributed by atoms with E-state index in [0.717, 1.165) is 26.2 Å². The van der Waals surface area contributed by atoms with Crippen molar-refractivity contribution < 1.29 is 4.74 Å². The minimum atomic E-state index is 0.322. The van der Waals surface area contributed by atoms with Crippen LogP contribution in [0.15, 0.2) is 0 Å². The molecular weight excluding hydrogens is 176 g/mol. The van der Waals surface area contributed by atoms with E-state index < -0.39 is 0 Å². The molecule has 0 saturated heterocycles. The Morgan fingerprint density at radius 2 is 2.07 bits per heavy atom. The normalized spacial score (nSPS) is 19.3. The van der Waals surface area contributed by atoms with E-state index in [-0.39, 0.29) is 0 Å². The Bertz CT molecular complexity index is 167. The molecule has 84 valence electrons. The van der Waals surface area contributed by atoms with Gasteiger partial charge in [-0.2, -0.15) is 0 Å². The van der Waals surface area contributed by atoms with Crippen molar-refractivity contribution >= 4 is 0 Å². The Hall–Kier alpha value is -0.120. The Morgan fingerprint density at radius 3 is 2.43 bits per heavy atom. The lowest BCUT2D eigenvalue weighted by Gasteiger charge is -2.32. The average Bonchev–Trinajstić information content (AvgIpc) is 2.92. The van der Waals surface area contributed by atoms with Gasteiger partial charge in [0.1, 0.15) is 0 Å². The van der Waals surface area contributed by atoms with Crippen LogP contribution >= 0.6 is 0 Å². The molecule has 0 radical (unpaired) electrons. The molecule has 0 aliphatic heterocycles. The summed E-state index contributed by atoms with van der Waals surface area (Å²) in [6, 6.07) is 0. The molecule has 0 unspecified atom stereocenters. The number of methoxy groups -OCH3 is 1. The van der Waals surface area contributed by atoms with Crippen molar-refractivity contribution in [2.45, 2.75) is 32.2 Å². The number of hydrogen-bond acceptors (Lipinski definition) is 3. The third-order valence-corrected chi connectivity index (χ3v) is 3.03. The van der Waals surface area contributed by atoms with Gasteiger partial charge in [0.25, 0.3) is 0 Å². The Morgan fingerprint density at radius 1 is 1.43 bits per heavy atom. The molecule has 2 N–H and O–H groups in total. The highest BCUT2D eigenvalue weighted by Gasteiger charge is 2.46. The predicted molar refractivity (Wildman–Crippen MR) is 59.3 cm³/mol. The highest BCUT2D eigenvalue weighted by molar-refractivity contribution is 5.04. The molecular formula is C11H24N2O. The minimum Gasteiger partial charge on any atom is -0.383 e. The molecule has 0 aromatic heterocycles. The molecule has 0 aromatic carbocycles. The van der Waals surface area contributed by atoms with Gasteiger partial charge in [0.05, 0.1) is 6.61 Å². The number of nitrogens with two attached hydrogens (primary N) is 1. The van der Waals surface area contributed by atoms with E-state index in [9.17, 15) is 0 Å². The van der Waals surface area contributed by atoms with Gasteiger partial charge in [0.2, 0.25) is 0 Å². The van der Waals surface area contributed by atoms with E-state index in [4.69, 9.17) is 10.5 Å². The van der Waals surface area contributed by atoms with Gasteiger partial charge in [-0.1, -0.05) is 13.8 Å². The second kappa shape index (κ2) is 5.10. The first-order chi connectivity index (χ1) is 6.64. The Labute approximate surface area is 87.6 Å². The SMILES string of the molecule is COCCN(CC(C)C)C1(CN)CC1. The van der Waals surface area contributed by atoms with Gasteiger partial charge >= 0.3 is 0 Å². The van der Waals surface area contributed by atoms with Gasteiger partial charge in [0, 0.05) is 32.3 Å². The topological polar surface area (TPSA) is 38.5 Å². The van der Waals surface area contributed by atoms with Crippen LogP contribution in [0.4, 0.5) is 0 Å². The van der Waals surface area contributed by atoms with E-state index in [2.05, 4.69) is 18.7 Å². The number of nitrogens with zero attached hydrogens (tertiary/aromatic N) is 1. The summed E-state index contributed by atoms with van der Waals surface area (Å²) < 4.78 is 5.14. The second-order valence-corrected chi connectivity index (χ2v) is 4.76. The number of ether oxygens (including phenoxy) is 1. The summed E-state index contributed by atoms with van der Waals surface area (Å²) in [6.45, 7) is 8.28. The smallest absolute Gasteiger partial charge is 0.0589 e. The average molecular weight is 200 g/mol. The third-order valence-electron chi connectivity index (χ3n) is 3.03.